The second-order valence-corrected chi connectivity index (χ2v) is 5.97. The maximum absolute atomic E-state index is 4.76. The molecule has 0 radical (unpaired) electrons. The third-order valence-corrected chi connectivity index (χ3v) is 4.40. The lowest BCUT2D eigenvalue weighted by Gasteiger charge is -2.18. The normalized spacial score (nSPS) is 17.4. The monoisotopic (exact) mass is 277 g/mol. The Morgan fingerprint density at radius 3 is 2.86 bits per heavy atom. The number of imidazole rings is 1. The van der Waals surface area contributed by atoms with Gasteiger partial charge in [0.15, 0.2) is 0 Å². The van der Waals surface area contributed by atoms with Gasteiger partial charge in [0.25, 0.3) is 0 Å². The summed E-state index contributed by atoms with van der Waals surface area (Å²) >= 11 is 0. The molecule has 3 heterocycles. The molecule has 0 N–H and O–H groups in total. The molecular formula is C18H19N3. The van der Waals surface area contributed by atoms with Crippen molar-refractivity contribution < 1.29 is 0 Å². The summed E-state index contributed by atoms with van der Waals surface area (Å²) in [5, 5.41) is 0. The molecule has 0 saturated heterocycles. The minimum Gasteiger partial charge on any atom is -0.365 e. The highest BCUT2D eigenvalue weighted by atomic mass is 15.2. The van der Waals surface area contributed by atoms with Crippen molar-refractivity contribution in [1.29, 1.82) is 0 Å². The Kier molecular flexibility index (Phi) is 2.74. The van der Waals surface area contributed by atoms with Crippen LogP contribution in [0.15, 0.2) is 48.7 Å². The Bertz CT molecular complexity index is 803. The van der Waals surface area contributed by atoms with E-state index >= 15 is 0 Å². The molecule has 2 aromatic heterocycles. The molecular weight excluding hydrogens is 258 g/mol. The van der Waals surface area contributed by atoms with Gasteiger partial charge >= 0.3 is 0 Å². The van der Waals surface area contributed by atoms with Gasteiger partial charge in [0.05, 0.1) is 12.2 Å². The van der Waals surface area contributed by atoms with Crippen molar-refractivity contribution >= 4 is 11.3 Å². The highest BCUT2D eigenvalue weighted by Crippen LogP contribution is 2.36. The fraction of sp³-hybridized carbons (Fsp3) is 0.278. The molecule has 0 fully saturated rings. The van der Waals surface area contributed by atoms with Gasteiger partial charge in [-0.3, -0.25) is 0 Å². The molecule has 3 aromatic rings. The van der Waals surface area contributed by atoms with Crippen molar-refractivity contribution in [2.45, 2.75) is 26.3 Å². The van der Waals surface area contributed by atoms with Crippen LogP contribution in [0.25, 0.3) is 5.65 Å². The lowest BCUT2D eigenvalue weighted by molar-refractivity contribution is 0.739. The zero-order valence-corrected chi connectivity index (χ0v) is 12.5. The minimum absolute atomic E-state index is 0.597. The zero-order chi connectivity index (χ0) is 14.4. The first kappa shape index (κ1) is 12.5. The van der Waals surface area contributed by atoms with Crippen molar-refractivity contribution in [2.75, 3.05) is 11.4 Å². The highest BCUT2D eigenvalue weighted by Gasteiger charge is 2.25. The van der Waals surface area contributed by atoms with Crippen LogP contribution in [-0.2, 0) is 6.54 Å². The van der Waals surface area contributed by atoms with Crippen LogP contribution < -0.4 is 4.90 Å². The Balaban J connectivity index is 1.68. The first-order chi connectivity index (χ1) is 10.2. The van der Waals surface area contributed by atoms with Gasteiger partial charge in [0.2, 0.25) is 0 Å². The predicted octanol–water partition coefficient (Wildman–Crippen LogP) is 3.77. The average Bonchev–Trinajstić information content (AvgIpc) is 3.03. The summed E-state index contributed by atoms with van der Waals surface area (Å²) < 4.78 is 2.17. The van der Waals surface area contributed by atoms with Gasteiger partial charge in [0.1, 0.15) is 5.65 Å². The fourth-order valence-corrected chi connectivity index (χ4v) is 3.34. The number of anilines is 1. The van der Waals surface area contributed by atoms with E-state index in [1.807, 2.05) is 0 Å². The molecule has 106 valence electrons. The molecule has 21 heavy (non-hydrogen) atoms. The number of benzene rings is 1. The largest absolute Gasteiger partial charge is 0.365 e. The minimum atomic E-state index is 0.597. The van der Waals surface area contributed by atoms with Crippen LogP contribution in [-0.4, -0.2) is 15.9 Å². The third-order valence-electron chi connectivity index (χ3n) is 4.40. The van der Waals surface area contributed by atoms with Gasteiger partial charge in [-0.2, -0.15) is 0 Å². The van der Waals surface area contributed by atoms with Crippen LogP contribution in [0.3, 0.4) is 0 Å². The number of hydrogen-bond acceptors (Lipinski definition) is 2. The first-order valence-electron chi connectivity index (χ1n) is 7.50. The second kappa shape index (κ2) is 4.62. The van der Waals surface area contributed by atoms with Gasteiger partial charge in [-0.25, -0.2) is 4.98 Å². The summed E-state index contributed by atoms with van der Waals surface area (Å²) in [5.74, 6) is 0.597. The third kappa shape index (κ3) is 2.00. The number of aryl methyl sites for hydroxylation is 1. The molecule has 1 aliphatic heterocycles. The molecule has 1 aliphatic rings. The van der Waals surface area contributed by atoms with Crippen molar-refractivity contribution in [3.05, 3.63) is 65.6 Å². The van der Waals surface area contributed by atoms with Gasteiger partial charge in [-0.05, 0) is 30.7 Å². The number of pyridine rings is 1. The van der Waals surface area contributed by atoms with Gasteiger partial charge in [-0.15, -0.1) is 0 Å². The second-order valence-electron chi connectivity index (χ2n) is 5.97. The van der Waals surface area contributed by atoms with Gasteiger partial charge in [-0.1, -0.05) is 31.2 Å². The van der Waals surface area contributed by atoms with E-state index in [9.17, 15) is 0 Å². The fourth-order valence-electron chi connectivity index (χ4n) is 3.34. The Morgan fingerprint density at radius 2 is 2.00 bits per heavy atom. The van der Waals surface area contributed by atoms with E-state index < -0.39 is 0 Å². The molecule has 0 spiro atoms. The Labute approximate surface area is 124 Å². The SMILES string of the molecule is Cc1cccc2nc(CN3CC(C)c4ccccc43)cn12. The van der Waals surface area contributed by atoms with Crippen LogP contribution in [0.1, 0.15) is 29.8 Å². The van der Waals surface area contributed by atoms with Crippen molar-refractivity contribution in [3.8, 4) is 0 Å². The standard InChI is InChI=1S/C18H19N3/c1-13-10-20(17-8-4-3-7-16(13)17)11-15-12-21-14(2)6-5-9-18(21)19-15/h3-9,12-13H,10-11H2,1-2H3. The van der Waals surface area contributed by atoms with Gasteiger partial charge in [0, 0.05) is 30.0 Å². The lowest BCUT2D eigenvalue weighted by atomic mass is 10.0. The Hall–Kier alpha value is -2.29. The highest BCUT2D eigenvalue weighted by molar-refractivity contribution is 5.60. The van der Waals surface area contributed by atoms with E-state index in [1.165, 1.54) is 16.9 Å². The maximum atomic E-state index is 4.76. The predicted molar refractivity (Wildman–Crippen MR) is 85.8 cm³/mol. The quantitative estimate of drug-likeness (QED) is 0.711. The smallest absolute Gasteiger partial charge is 0.137 e. The Morgan fingerprint density at radius 1 is 1.14 bits per heavy atom. The topological polar surface area (TPSA) is 20.5 Å². The summed E-state index contributed by atoms with van der Waals surface area (Å²) in [6, 6.07) is 15.0. The van der Waals surface area contributed by atoms with E-state index in [0.717, 1.165) is 24.4 Å². The van der Waals surface area contributed by atoms with Crippen LogP contribution in [0.2, 0.25) is 0 Å². The van der Waals surface area contributed by atoms with Crippen molar-refractivity contribution in [2.24, 2.45) is 0 Å². The molecule has 1 atom stereocenters. The van der Waals surface area contributed by atoms with Crippen LogP contribution in [0.5, 0.6) is 0 Å². The number of hydrogen-bond donors (Lipinski definition) is 0. The average molecular weight is 277 g/mol. The van der Waals surface area contributed by atoms with Crippen LogP contribution in [0.4, 0.5) is 5.69 Å². The summed E-state index contributed by atoms with van der Waals surface area (Å²) in [6.07, 6.45) is 2.16. The van der Waals surface area contributed by atoms with Crippen molar-refractivity contribution in [1.82, 2.24) is 9.38 Å². The van der Waals surface area contributed by atoms with E-state index in [-0.39, 0.29) is 0 Å². The summed E-state index contributed by atoms with van der Waals surface area (Å²) in [4.78, 5) is 7.20. The molecule has 0 aliphatic carbocycles. The number of nitrogens with zero attached hydrogens (tertiary/aromatic N) is 3. The summed E-state index contributed by atoms with van der Waals surface area (Å²) in [7, 11) is 0. The first-order valence-corrected chi connectivity index (χ1v) is 7.50. The summed E-state index contributed by atoms with van der Waals surface area (Å²) in [5.41, 5.74) is 6.20. The molecule has 4 rings (SSSR count). The number of para-hydroxylation sites is 1. The molecule has 1 unspecified atom stereocenters. The summed E-state index contributed by atoms with van der Waals surface area (Å²) in [6.45, 7) is 6.37. The van der Waals surface area contributed by atoms with Gasteiger partial charge < -0.3 is 9.30 Å². The maximum Gasteiger partial charge on any atom is 0.137 e. The lowest BCUT2D eigenvalue weighted by Crippen LogP contribution is -2.20. The zero-order valence-electron chi connectivity index (χ0n) is 12.5. The molecule has 3 nitrogen and oxygen atoms in total. The van der Waals surface area contributed by atoms with E-state index in [4.69, 9.17) is 4.98 Å². The van der Waals surface area contributed by atoms with Crippen LogP contribution in [0, 0.1) is 6.92 Å². The molecule has 3 heteroatoms. The van der Waals surface area contributed by atoms with Crippen LogP contribution >= 0.6 is 0 Å². The van der Waals surface area contributed by atoms with E-state index in [2.05, 4.69) is 71.8 Å². The number of fused-ring (bicyclic) bond motifs is 2. The number of aromatic nitrogens is 2. The molecule has 1 aromatic carbocycles. The van der Waals surface area contributed by atoms with Crippen molar-refractivity contribution in [3.63, 3.8) is 0 Å². The molecule has 0 amide bonds. The van der Waals surface area contributed by atoms with E-state index in [0.29, 0.717) is 5.92 Å². The number of rotatable bonds is 2. The molecule has 0 saturated carbocycles. The molecule has 0 bridgehead atoms. The van der Waals surface area contributed by atoms with E-state index in [1.54, 1.807) is 0 Å².